The average molecular weight is 404 g/mol. The molecule has 2 fully saturated rings. The largest absolute Gasteiger partial charge is 0.504 e. The third kappa shape index (κ3) is 3.35. The van der Waals surface area contributed by atoms with Gasteiger partial charge in [-0.25, -0.2) is 0 Å². The second kappa shape index (κ2) is 7.67. The summed E-state index contributed by atoms with van der Waals surface area (Å²) in [5.41, 5.74) is -1.12. The van der Waals surface area contributed by atoms with Crippen molar-refractivity contribution >= 4 is 17.8 Å². The van der Waals surface area contributed by atoms with Crippen molar-refractivity contribution in [2.24, 2.45) is 17.8 Å². The van der Waals surface area contributed by atoms with Crippen LogP contribution in [0, 0.1) is 17.8 Å². The molecular weight excluding hydrogens is 376 g/mol. The van der Waals surface area contributed by atoms with E-state index >= 15 is 0 Å². The molecule has 8 nitrogen and oxygen atoms in total. The van der Waals surface area contributed by atoms with Crippen molar-refractivity contribution in [2.75, 3.05) is 6.54 Å². The van der Waals surface area contributed by atoms with Crippen LogP contribution in [0.2, 0.25) is 0 Å². The third-order valence-electron chi connectivity index (χ3n) is 5.95. The van der Waals surface area contributed by atoms with Crippen LogP contribution in [0.3, 0.4) is 0 Å². The van der Waals surface area contributed by atoms with Gasteiger partial charge >= 0.3 is 5.97 Å². The molecule has 2 heterocycles. The maximum absolute atomic E-state index is 13.2. The first kappa shape index (κ1) is 21.1. The molecule has 0 spiro atoms. The summed E-state index contributed by atoms with van der Waals surface area (Å²) in [5, 5.41) is 32.8. The van der Waals surface area contributed by atoms with Gasteiger partial charge in [-0.3, -0.25) is 24.6 Å². The highest BCUT2D eigenvalue weighted by molar-refractivity contribution is 6.09. The number of aromatic hydroxyl groups is 2. The number of carboxylic acids is 1. The summed E-state index contributed by atoms with van der Waals surface area (Å²) in [6.07, 6.45) is 1.64. The van der Waals surface area contributed by atoms with Crippen LogP contribution in [0.4, 0.5) is 0 Å². The van der Waals surface area contributed by atoms with E-state index in [1.165, 1.54) is 23.1 Å². The zero-order chi connectivity index (χ0) is 21.5. The van der Waals surface area contributed by atoms with Gasteiger partial charge in [-0.05, 0) is 36.5 Å². The molecule has 8 heteroatoms. The number of hydrogen-bond donors (Lipinski definition) is 4. The first-order valence-corrected chi connectivity index (χ1v) is 10.0. The predicted molar refractivity (Wildman–Crippen MR) is 104 cm³/mol. The molecule has 2 saturated heterocycles. The minimum atomic E-state index is -1.58. The summed E-state index contributed by atoms with van der Waals surface area (Å²) in [6, 6.07) is 3.37. The molecule has 0 radical (unpaired) electrons. The van der Waals surface area contributed by atoms with Gasteiger partial charge in [0.15, 0.2) is 11.5 Å². The lowest BCUT2D eigenvalue weighted by molar-refractivity contribution is -0.152. The Morgan fingerprint density at radius 2 is 1.90 bits per heavy atom. The van der Waals surface area contributed by atoms with E-state index in [1.807, 2.05) is 20.8 Å². The van der Waals surface area contributed by atoms with Crippen LogP contribution in [0.25, 0.3) is 0 Å². The zero-order valence-corrected chi connectivity index (χ0v) is 16.9. The Balaban J connectivity index is 2.12. The zero-order valence-electron chi connectivity index (χ0n) is 16.9. The summed E-state index contributed by atoms with van der Waals surface area (Å²) in [6.45, 7) is 5.97. The standard InChI is InChI=1S/C21H28N2O6/c1-4-5-8-23-18(26)15-16(19(23)27)21(20(28)29,10-11(2)3)22-17(15)12-6-7-13(24)14(25)9-12/h6-7,9,11,15-17,22,24-25H,4-5,8,10H2,1-3H3,(H,28,29). The summed E-state index contributed by atoms with van der Waals surface area (Å²) < 4.78 is 0. The van der Waals surface area contributed by atoms with Gasteiger partial charge in [-0.2, -0.15) is 0 Å². The maximum atomic E-state index is 13.2. The Kier molecular flexibility index (Phi) is 5.58. The van der Waals surface area contributed by atoms with Crippen LogP contribution in [-0.4, -0.2) is 50.1 Å². The number of phenolic OH excluding ortho intramolecular Hbond substituents is 2. The second-order valence-corrected chi connectivity index (χ2v) is 8.43. The highest BCUT2D eigenvalue weighted by atomic mass is 16.4. The normalized spacial score (nSPS) is 29.0. The van der Waals surface area contributed by atoms with Crippen LogP contribution in [0.1, 0.15) is 51.6 Å². The minimum Gasteiger partial charge on any atom is -0.504 e. The smallest absolute Gasteiger partial charge is 0.324 e. The van der Waals surface area contributed by atoms with Gasteiger partial charge in [0.1, 0.15) is 5.54 Å². The fourth-order valence-corrected chi connectivity index (χ4v) is 4.74. The number of unbranched alkanes of at least 4 members (excludes halogenated alkanes) is 1. The second-order valence-electron chi connectivity index (χ2n) is 8.43. The van der Waals surface area contributed by atoms with Crippen LogP contribution in [0.5, 0.6) is 11.5 Å². The van der Waals surface area contributed by atoms with Gasteiger partial charge in [0.25, 0.3) is 0 Å². The molecule has 4 unspecified atom stereocenters. The molecule has 4 N–H and O–H groups in total. The monoisotopic (exact) mass is 404 g/mol. The number of phenols is 2. The number of benzene rings is 1. The number of amides is 2. The van der Waals surface area contributed by atoms with E-state index in [0.717, 1.165) is 6.42 Å². The topological polar surface area (TPSA) is 127 Å². The maximum Gasteiger partial charge on any atom is 0.324 e. The van der Waals surface area contributed by atoms with Crippen molar-refractivity contribution in [3.05, 3.63) is 23.8 Å². The van der Waals surface area contributed by atoms with Crippen molar-refractivity contribution in [3.63, 3.8) is 0 Å². The Labute approximate surface area is 169 Å². The Bertz CT molecular complexity index is 838. The van der Waals surface area contributed by atoms with Gasteiger partial charge in [0.05, 0.1) is 11.8 Å². The van der Waals surface area contributed by atoms with Crippen molar-refractivity contribution < 1.29 is 29.7 Å². The molecule has 4 atom stereocenters. The molecule has 0 bridgehead atoms. The Hall–Kier alpha value is -2.61. The minimum absolute atomic E-state index is 0.0289. The molecule has 1 aromatic carbocycles. The molecule has 0 saturated carbocycles. The fraction of sp³-hybridized carbons (Fsp3) is 0.571. The summed E-state index contributed by atoms with van der Waals surface area (Å²) in [4.78, 5) is 40.0. The lowest BCUT2D eigenvalue weighted by atomic mass is 9.75. The van der Waals surface area contributed by atoms with E-state index < -0.39 is 35.3 Å². The van der Waals surface area contributed by atoms with Crippen LogP contribution < -0.4 is 5.32 Å². The molecule has 29 heavy (non-hydrogen) atoms. The lowest BCUT2D eigenvalue weighted by Gasteiger charge is -2.32. The number of nitrogens with zero attached hydrogens (tertiary/aromatic N) is 1. The Morgan fingerprint density at radius 1 is 1.21 bits per heavy atom. The van der Waals surface area contributed by atoms with Gasteiger partial charge in [0.2, 0.25) is 11.8 Å². The Morgan fingerprint density at radius 3 is 2.45 bits per heavy atom. The van der Waals surface area contributed by atoms with E-state index in [1.54, 1.807) is 0 Å². The van der Waals surface area contributed by atoms with Crippen LogP contribution >= 0.6 is 0 Å². The number of imide groups is 1. The van der Waals surface area contributed by atoms with Crippen molar-refractivity contribution in [1.82, 2.24) is 10.2 Å². The average Bonchev–Trinajstić information content (AvgIpc) is 3.11. The quantitative estimate of drug-likeness (QED) is 0.404. The number of hydrogen-bond acceptors (Lipinski definition) is 6. The van der Waals surface area contributed by atoms with Crippen LogP contribution in [0.15, 0.2) is 18.2 Å². The molecule has 2 aliphatic heterocycles. The molecule has 158 valence electrons. The molecule has 2 aliphatic rings. The molecule has 3 rings (SSSR count). The highest BCUT2D eigenvalue weighted by Crippen LogP contribution is 2.51. The third-order valence-corrected chi connectivity index (χ3v) is 5.95. The van der Waals surface area contributed by atoms with E-state index in [2.05, 4.69) is 5.32 Å². The van der Waals surface area contributed by atoms with Crippen molar-refractivity contribution in [1.29, 1.82) is 0 Å². The molecule has 0 aromatic heterocycles. The highest BCUT2D eigenvalue weighted by Gasteiger charge is 2.68. The summed E-state index contributed by atoms with van der Waals surface area (Å²) in [5.74, 6) is -4.60. The van der Waals surface area contributed by atoms with Gasteiger partial charge in [-0.15, -0.1) is 0 Å². The number of rotatable bonds is 7. The van der Waals surface area contributed by atoms with Gasteiger partial charge < -0.3 is 15.3 Å². The van der Waals surface area contributed by atoms with Crippen molar-refractivity contribution in [3.8, 4) is 11.5 Å². The number of carbonyl (C=O) groups excluding carboxylic acids is 2. The number of likely N-dealkylation sites (tertiary alicyclic amines) is 1. The van der Waals surface area contributed by atoms with Gasteiger partial charge in [-0.1, -0.05) is 33.3 Å². The molecule has 0 aliphatic carbocycles. The fourth-order valence-electron chi connectivity index (χ4n) is 4.74. The molecule has 2 amide bonds. The van der Waals surface area contributed by atoms with E-state index in [-0.39, 0.29) is 36.3 Å². The van der Waals surface area contributed by atoms with E-state index in [9.17, 15) is 29.7 Å². The molecule has 1 aromatic rings. The number of fused-ring (bicyclic) bond motifs is 1. The number of carbonyl (C=O) groups is 3. The van der Waals surface area contributed by atoms with E-state index in [4.69, 9.17) is 0 Å². The summed E-state index contributed by atoms with van der Waals surface area (Å²) in [7, 11) is 0. The van der Waals surface area contributed by atoms with Crippen LogP contribution in [-0.2, 0) is 14.4 Å². The summed E-state index contributed by atoms with van der Waals surface area (Å²) >= 11 is 0. The van der Waals surface area contributed by atoms with Crippen molar-refractivity contribution in [2.45, 2.75) is 51.6 Å². The first-order valence-electron chi connectivity index (χ1n) is 10.0. The van der Waals surface area contributed by atoms with E-state index in [0.29, 0.717) is 12.0 Å². The molecular formula is C21H28N2O6. The SMILES string of the molecule is CCCCN1C(=O)C2C(c3ccc(O)c(O)c3)NC(CC(C)C)(C(=O)O)C2C1=O. The lowest BCUT2D eigenvalue weighted by Crippen LogP contribution is -2.56. The number of aliphatic carboxylic acids is 1. The number of nitrogens with one attached hydrogen (secondary N) is 1. The first-order chi connectivity index (χ1) is 13.6. The predicted octanol–water partition coefficient (Wildman–Crippen LogP) is 2.01. The number of carboxylic acid groups (broad SMARTS) is 1. The van der Waals surface area contributed by atoms with Gasteiger partial charge in [0, 0.05) is 12.6 Å².